The van der Waals surface area contributed by atoms with Gasteiger partial charge in [0, 0.05) is 37.1 Å². The molecule has 2 unspecified atom stereocenters. The zero-order valence-electron chi connectivity index (χ0n) is 21.2. The first-order valence-corrected chi connectivity index (χ1v) is 15.1. The van der Waals surface area contributed by atoms with Gasteiger partial charge in [-0.05, 0) is 75.6 Å². The van der Waals surface area contributed by atoms with Crippen LogP contribution in [-0.4, -0.2) is 90.1 Å². The third-order valence-corrected chi connectivity index (χ3v) is 11.0. The average molecular weight is 552 g/mol. The van der Waals surface area contributed by atoms with E-state index in [1.807, 2.05) is 11.8 Å². The van der Waals surface area contributed by atoms with E-state index in [-0.39, 0.29) is 47.6 Å². The Hall–Kier alpha value is -1.88. The average Bonchev–Trinajstić information content (AvgIpc) is 3.78. The SMILES string of the molecule is CC(=O)N1C2CCC1CN(C(=O)OC1([C@H]3CO[C@@H](C)[C@@H](C4CC4)N3S(=O)(=O)c3ccc(Cl)cc3)CC1)C2. The quantitative estimate of drug-likeness (QED) is 0.557. The van der Waals surface area contributed by atoms with Crippen molar-refractivity contribution in [1.82, 2.24) is 14.1 Å². The second-order valence-electron chi connectivity index (χ2n) is 11.3. The van der Waals surface area contributed by atoms with E-state index in [0.717, 1.165) is 25.7 Å². The molecule has 5 aliphatic rings. The molecule has 3 saturated heterocycles. The van der Waals surface area contributed by atoms with Crippen molar-refractivity contribution >= 4 is 33.6 Å². The van der Waals surface area contributed by atoms with Crippen LogP contribution in [0.15, 0.2) is 29.2 Å². The molecule has 9 nitrogen and oxygen atoms in total. The number of morpholine rings is 1. The minimum Gasteiger partial charge on any atom is -0.441 e. The summed E-state index contributed by atoms with van der Waals surface area (Å²) in [5.41, 5.74) is -0.916. The minimum absolute atomic E-state index is 0.0128. The van der Waals surface area contributed by atoms with E-state index < -0.39 is 27.8 Å². The topological polar surface area (TPSA) is 96.5 Å². The van der Waals surface area contributed by atoms with Gasteiger partial charge in [0.2, 0.25) is 15.9 Å². The first kappa shape index (κ1) is 25.4. The number of hydrogen-bond donors (Lipinski definition) is 0. The Balaban J connectivity index is 1.27. The van der Waals surface area contributed by atoms with Crippen molar-refractivity contribution in [2.45, 2.75) is 93.1 Å². The van der Waals surface area contributed by atoms with E-state index in [2.05, 4.69) is 0 Å². The number of carbonyl (C=O) groups excluding carboxylic acids is 2. The number of halogens is 1. The number of ether oxygens (including phenoxy) is 2. The summed E-state index contributed by atoms with van der Waals surface area (Å²) >= 11 is 6.04. The number of likely N-dealkylation sites (tertiary alicyclic amines) is 1. The van der Waals surface area contributed by atoms with Gasteiger partial charge in [0.15, 0.2) is 0 Å². The zero-order chi connectivity index (χ0) is 26.1. The van der Waals surface area contributed by atoms with Gasteiger partial charge in [-0.2, -0.15) is 4.31 Å². The fourth-order valence-electron chi connectivity index (χ4n) is 6.73. The zero-order valence-corrected chi connectivity index (χ0v) is 22.8. The van der Waals surface area contributed by atoms with Crippen LogP contribution in [0.5, 0.6) is 0 Å². The summed E-state index contributed by atoms with van der Waals surface area (Å²) in [5, 5.41) is 0.469. The lowest BCUT2D eigenvalue weighted by Crippen LogP contribution is -2.64. The number of nitrogens with zero attached hydrogens (tertiary/aromatic N) is 3. The number of piperazine rings is 1. The highest BCUT2D eigenvalue weighted by atomic mass is 35.5. The molecular formula is C26H34ClN3O6S. The van der Waals surface area contributed by atoms with Crippen LogP contribution in [0.3, 0.4) is 0 Å². The van der Waals surface area contributed by atoms with Gasteiger partial charge in [0.1, 0.15) is 5.60 Å². The van der Waals surface area contributed by atoms with Gasteiger partial charge < -0.3 is 19.3 Å². The molecule has 1 aromatic rings. The summed E-state index contributed by atoms with van der Waals surface area (Å²) < 4.78 is 42.1. The number of fused-ring (bicyclic) bond motifs is 2. The Morgan fingerprint density at radius 1 is 1.05 bits per heavy atom. The van der Waals surface area contributed by atoms with E-state index in [4.69, 9.17) is 21.1 Å². The molecule has 2 saturated carbocycles. The van der Waals surface area contributed by atoms with Crippen molar-refractivity contribution in [2.24, 2.45) is 5.92 Å². The van der Waals surface area contributed by atoms with Gasteiger partial charge in [0.05, 0.1) is 29.7 Å². The molecule has 0 radical (unpaired) electrons. The van der Waals surface area contributed by atoms with Crippen LogP contribution in [0.4, 0.5) is 4.79 Å². The smallest absolute Gasteiger partial charge is 0.410 e. The highest BCUT2D eigenvalue weighted by molar-refractivity contribution is 7.89. The highest BCUT2D eigenvalue weighted by Gasteiger charge is 2.63. The van der Waals surface area contributed by atoms with Crippen molar-refractivity contribution in [3.05, 3.63) is 29.3 Å². The Morgan fingerprint density at radius 3 is 2.22 bits per heavy atom. The number of benzene rings is 1. The molecule has 0 spiro atoms. The Morgan fingerprint density at radius 2 is 1.68 bits per heavy atom. The number of hydrogen-bond acceptors (Lipinski definition) is 6. The highest BCUT2D eigenvalue weighted by Crippen LogP contribution is 2.51. The molecular weight excluding hydrogens is 518 g/mol. The molecule has 3 heterocycles. The van der Waals surface area contributed by atoms with E-state index in [9.17, 15) is 18.0 Å². The van der Waals surface area contributed by atoms with Crippen molar-refractivity contribution in [3.8, 4) is 0 Å². The predicted octanol–water partition coefficient (Wildman–Crippen LogP) is 3.26. The van der Waals surface area contributed by atoms with Crippen molar-refractivity contribution in [1.29, 1.82) is 0 Å². The van der Waals surface area contributed by atoms with Gasteiger partial charge in [-0.3, -0.25) is 4.79 Å². The number of carbonyl (C=O) groups is 2. The minimum atomic E-state index is -3.90. The van der Waals surface area contributed by atoms with Gasteiger partial charge >= 0.3 is 6.09 Å². The van der Waals surface area contributed by atoms with Crippen LogP contribution in [0.25, 0.3) is 0 Å². The van der Waals surface area contributed by atoms with Crippen LogP contribution < -0.4 is 0 Å². The second kappa shape index (κ2) is 9.10. The third-order valence-electron chi connectivity index (χ3n) is 8.84. The maximum Gasteiger partial charge on any atom is 0.410 e. The van der Waals surface area contributed by atoms with E-state index in [1.54, 1.807) is 28.3 Å². The second-order valence-corrected chi connectivity index (χ2v) is 13.6. The first-order valence-electron chi connectivity index (χ1n) is 13.3. The van der Waals surface area contributed by atoms with Crippen LogP contribution >= 0.6 is 11.6 Å². The lowest BCUT2D eigenvalue weighted by molar-refractivity contribution is -0.135. The Labute approximate surface area is 223 Å². The van der Waals surface area contributed by atoms with Crippen molar-refractivity contribution in [3.63, 3.8) is 0 Å². The normalized spacial score (nSPS) is 33.3. The monoisotopic (exact) mass is 551 g/mol. The molecule has 3 aliphatic heterocycles. The number of amides is 2. The van der Waals surface area contributed by atoms with E-state index in [1.165, 1.54) is 12.1 Å². The van der Waals surface area contributed by atoms with E-state index in [0.29, 0.717) is 31.0 Å². The maximum atomic E-state index is 14.1. The molecule has 0 aromatic heterocycles. The maximum absolute atomic E-state index is 14.1. The molecule has 37 heavy (non-hydrogen) atoms. The molecule has 2 amide bonds. The van der Waals surface area contributed by atoms with E-state index >= 15 is 0 Å². The molecule has 0 N–H and O–H groups in total. The summed E-state index contributed by atoms with van der Waals surface area (Å²) in [5.74, 6) is 0.267. The molecule has 1 aromatic carbocycles. The Kier molecular flexibility index (Phi) is 6.25. The summed E-state index contributed by atoms with van der Waals surface area (Å²) in [7, 11) is -3.90. The van der Waals surface area contributed by atoms with Crippen LogP contribution in [-0.2, 0) is 24.3 Å². The summed E-state index contributed by atoms with van der Waals surface area (Å²) in [6, 6.07) is 5.35. The van der Waals surface area contributed by atoms with Crippen molar-refractivity contribution < 1.29 is 27.5 Å². The fourth-order valence-corrected chi connectivity index (χ4v) is 8.83. The van der Waals surface area contributed by atoms with Gasteiger partial charge in [0.25, 0.3) is 0 Å². The summed E-state index contributed by atoms with van der Waals surface area (Å²) in [6.07, 6.45) is 4.15. The fraction of sp³-hybridized carbons (Fsp3) is 0.692. The lowest BCUT2D eigenvalue weighted by Gasteiger charge is -2.47. The van der Waals surface area contributed by atoms with Gasteiger partial charge in [-0.1, -0.05) is 11.6 Å². The molecule has 2 bridgehead atoms. The first-order chi connectivity index (χ1) is 17.6. The molecule has 11 heteroatoms. The third kappa shape index (κ3) is 4.43. The standard InChI is InChI=1S/C26H34ClN3O6S/c1-16-24(18-3-4-18)30(37(33,34)22-9-5-19(27)6-10-22)23(15-35-16)26(11-12-26)36-25(32)28-13-20-7-8-21(14-28)29(20)17(2)31/h5-6,9-10,16,18,20-21,23-24H,3-4,7-8,11-15H2,1-2H3/t16-,20?,21?,23+,24-/m0/s1. The van der Waals surface area contributed by atoms with Gasteiger partial charge in [-0.25, -0.2) is 13.2 Å². The van der Waals surface area contributed by atoms with Crippen LogP contribution in [0.2, 0.25) is 5.02 Å². The molecule has 6 rings (SSSR count). The lowest BCUT2D eigenvalue weighted by atomic mass is 9.99. The largest absolute Gasteiger partial charge is 0.441 e. The summed E-state index contributed by atoms with van der Waals surface area (Å²) in [6.45, 7) is 4.57. The number of sulfonamides is 1. The molecule has 5 atom stereocenters. The molecule has 2 aliphatic carbocycles. The summed E-state index contributed by atoms with van der Waals surface area (Å²) in [4.78, 5) is 29.3. The van der Waals surface area contributed by atoms with Crippen LogP contribution in [0.1, 0.15) is 52.4 Å². The van der Waals surface area contributed by atoms with Gasteiger partial charge in [-0.15, -0.1) is 0 Å². The predicted molar refractivity (Wildman–Crippen MR) is 136 cm³/mol. The Bertz CT molecular complexity index is 1170. The molecule has 202 valence electrons. The van der Waals surface area contributed by atoms with Crippen molar-refractivity contribution in [2.75, 3.05) is 19.7 Å². The van der Waals surface area contributed by atoms with Crippen LogP contribution in [0, 0.1) is 5.92 Å². The number of rotatable bonds is 5. The molecule has 5 fully saturated rings.